The van der Waals surface area contributed by atoms with Gasteiger partial charge >= 0.3 is 0 Å². The highest BCUT2D eigenvalue weighted by Gasteiger charge is 2.16. The van der Waals surface area contributed by atoms with Gasteiger partial charge in [0, 0.05) is 25.8 Å². The summed E-state index contributed by atoms with van der Waals surface area (Å²) >= 11 is 0. The molecule has 24 heavy (non-hydrogen) atoms. The number of hydrogen-bond donors (Lipinski definition) is 2. The molecule has 1 fully saturated rings. The van der Waals surface area contributed by atoms with Gasteiger partial charge in [0.15, 0.2) is 0 Å². The van der Waals surface area contributed by atoms with Crippen LogP contribution in [0.15, 0.2) is 11.8 Å². The number of carbonyl (C=O) groups excluding carboxylic acids is 1. The third-order valence-electron chi connectivity index (χ3n) is 4.61. The molecule has 1 rings (SSSR count). The van der Waals surface area contributed by atoms with Crippen molar-refractivity contribution < 1.29 is 9.90 Å². The average molecular weight is 335 g/mol. The zero-order chi connectivity index (χ0) is 17.6. The number of aliphatic hydroxyl groups excluding tert-OH is 1. The Morgan fingerprint density at radius 1 is 1.12 bits per heavy atom. The number of carbonyl (C=O) groups is 1. The summed E-state index contributed by atoms with van der Waals surface area (Å²) in [7, 11) is 1.75. The summed E-state index contributed by atoms with van der Waals surface area (Å²) in [4.78, 5) is 14.0. The minimum absolute atomic E-state index is 0.00402. The molecule has 5 nitrogen and oxygen atoms in total. The topological polar surface area (TPSA) is 76.4 Å². The van der Waals surface area contributed by atoms with Crippen molar-refractivity contribution in [2.45, 2.75) is 76.7 Å². The van der Waals surface area contributed by atoms with Crippen molar-refractivity contribution in [3.05, 3.63) is 11.8 Å². The van der Waals surface area contributed by atoms with Gasteiger partial charge in [-0.25, -0.2) is 0 Å². The molecule has 5 heteroatoms. The van der Waals surface area contributed by atoms with E-state index < -0.39 is 0 Å². The van der Waals surface area contributed by atoms with Gasteiger partial charge in [0.2, 0.25) is 0 Å². The van der Waals surface area contributed by atoms with Crippen LogP contribution in [0.1, 0.15) is 70.6 Å². The highest BCUT2D eigenvalue weighted by molar-refractivity contribution is 5.97. The van der Waals surface area contributed by atoms with Crippen LogP contribution in [0.3, 0.4) is 0 Å². The van der Waals surface area contributed by atoms with Gasteiger partial charge < -0.3 is 15.3 Å². The molecule has 1 amide bonds. The molecule has 1 saturated carbocycles. The lowest BCUT2D eigenvalue weighted by Gasteiger charge is -2.20. The van der Waals surface area contributed by atoms with Crippen LogP contribution in [-0.2, 0) is 4.79 Å². The molecule has 136 valence electrons. The molecule has 0 aromatic rings. The van der Waals surface area contributed by atoms with Gasteiger partial charge in [0.25, 0.3) is 5.91 Å². The molecule has 0 heterocycles. The smallest absolute Gasteiger partial charge is 0.263 e. The van der Waals surface area contributed by atoms with Crippen molar-refractivity contribution in [3.8, 4) is 6.07 Å². The predicted molar refractivity (Wildman–Crippen MR) is 96.1 cm³/mol. The Morgan fingerprint density at radius 3 is 2.08 bits per heavy atom. The Balaban J connectivity index is 2.57. The molecule has 1 aliphatic rings. The molecular weight excluding hydrogens is 302 g/mol. The third-order valence-corrected chi connectivity index (χ3v) is 4.61. The molecule has 0 aromatic carbocycles. The number of hydrogen-bond acceptors (Lipinski definition) is 4. The Kier molecular flexibility index (Phi) is 11.0. The molecule has 0 unspecified atom stereocenters. The Labute approximate surface area is 146 Å². The Morgan fingerprint density at radius 2 is 1.62 bits per heavy atom. The van der Waals surface area contributed by atoms with Gasteiger partial charge in [0.1, 0.15) is 11.6 Å². The SMILES string of the molecule is CN(/C=C(/C#N)C(=O)NC1CCCCCCCCCCC1)CCO. The zero-order valence-electron chi connectivity index (χ0n) is 15.1. The molecule has 0 radical (unpaired) electrons. The number of nitrogens with zero attached hydrogens (tertiary/aromatic N) is 2. The van der Waals surface area contributed by atoms with Crippen molar-refractivity contribution in [2.24, 2.45) is 0 Å². The maximum Gasteiger partial charge on any atom is 0.263 e. The first-order chi connectivity index (χ1) is 11.7. The van der Waals surface area contributed by atoms with Crippen LogP contribution in [0.5, 0.6) is 0 Å². The minimum Gasteiger partial charge on any atom is -0.395 e. The molecule has 0 atom stereocenters. The van der Waals surface area contributed by atoms with E-state index in [0.717, 1.165) is 25.7 Å². The molecule has 0 aliphatic heterocycles. The fraction of sp³-hybridized carbons (Fsp3) is 0.789. The van der Waals surface area contributed by atoms with E-state index in [1.54, 1.807) is 11.9 Å². The monoisotopic (exact) mass is 335 g/mol. The van der Waals surface area contributed by atoms with E-state index in [1.807, 2.05) is 6.07 Å². The first kappa shape index (κ1) is 20.5. The molecular formula is C19H33N3O2. The van der Waals surface area contributed by atoms with E-state index in [-0.39, 0.29) is 24.1 Å². The summed E-state index contributed by atoms with van der Waals surface area (Å²) < 4.78 is 0. The lowest BCUT2D eigenvalue weighted by atomic mass is 9.97. The van der Waals surface area contributed by atoms with Crippen LogP contribution in [0.4, 0.5) is 0 Å². The highest BCUT2D eigenvalue weighted by atomic mass is 16.3. The van der Waals surface area contributed by atoms with Gasteiger partial charge in [0.05, 0.1) is 6.61 Å². The maximum absolute atomic E-state index is 12.4. The summed E-state index contributed by atoms with van der Waals surface area (Å²) in [5.41, 5.74) is 0.108. The molecule has 0 aromatic heterocycles. The van der Waals surface area contributed by atoms with Crippen molar-refractivity contribution in [2.75, 3.05) is 20.2 Å². The van der Waals surface area contributed by atoms with Crippen LogP contribution in [0.2, 0.25) is 0 Å². The fourth-order valence-electron chi connectivity index (χ4n) is 3.15. The number of aliphatic hydroxyl groups is 1. The molecule has 0 saturated heterocycles. The second-order valence-corrected chi connectivity index (χ2v) is 6.79. The van der Waals surface area contributed by atoms with E-state index in [2.05, 4.69) is 5.32 Å². The summed E-state index contributed by atoms with van der Waals surface area (Å²) in [5, 5.41) is 21.2. The molecule has 2 N–H and O–H groups in total. The van der Waals surface area contributed by atoms with Gasteiger partial charge in [-0.05, 0) is 12.8 Å². The second kappa shape index (κ2) is 12.8. The summed E-state index contributed by atoms with van der Waals surface area (Å²) in [6.45, 7) is 0.401. The highest BCUT2D eigenvalue weighted by Crippen LogP contribution is 2.17. The number of amides is 1. The molecule has 1 aliphatic carbocycles. The number of nitriles is 1. The lowest BCUT2D eigenvalue weighted by Crippen LogP contribution is -2.36. The normalized spacial score (nSPS) is 18.8. The van der Waals surface area contributed by atoms with Gasteiger partial charge in [-0.1, -0.05) is 57.8 Å². The van der Waals surface area contributed by atoms with Crippen molar-refractivity contribution in [3.63, 3.8) is 0 Å². The fourth-order valence-corrected chi connectivity index (χ4v) is 3.15. The zero-order valence-corrected chi connectivity index (χ0v) is 15.1. The van der Waals surface area contributed by atoms with Gasteiger partial charge in [-0.2, -0.15) is 5.26 Å². The first-order valence-electron chi connectivity index (χ1n) is 9.41. The van der Waals surface area contributed by atoms with Crippen molar-refractivity contribution >= 4 is 5.91 Å². The van der Waals surface area contributed by atoms with Gasteiger partial charge in [-0.15, -0.1) is 0 Å². The second-order valence-electron chi connectivity index (χ2n) is 6.79. The van der Waals surface area contributed by atoms with Crippen molar-refractivity contribution in [1.82, 2.24) is 10.2 Å². The van der Waals surface area contributed by atoms with Crippen LogP contribution in [0, 0.1) is 11.3 Å². The quantitative estimate of drug-likeness (QED) is 0.598. The Hall–Kier alpha value is -1.54. The number of nitrogens with one attached hydrogen (secondary N) is 1. The Bertz CT molecular complexity index is 417. The minimum atomic E-state index is -0.292. The number of likely N-dealkylation sites (N-methyl/N-ethyl adjacent to an activating group) is 1. The van der Waals surface area contributed by atoms with E-state index >= 15 is 0 Å². The van der Waals surface area contributed by atoms with Crippen LogP contribution >= 0.6 is 0 Å². The summed E-state index contributed by atoms with van der Waals surface area (Å²) in [5.74, 6) is -0.292. The predicted octanol–water partition coefficient (Wildman–Crippen LogP) is 3.11. The first-order valence-corrected chi connectivity index (χ1v) is 9.41. The van der Waals surface area contributed by atoms with E-state index in [1.165, 1.54) is 51.1 Å². The van der Waals surface area contributed by atoms with Crippen LogP contribution in [-0.4, -0.2) is 42.2 Å². The standard InChI is InChI=1S/C19H33N3O2/c1-22(13-14-23)16-17(15-20)19(24)21-18-11-9-7-5-3-2-4-6-8-10-12-18/h16,18,23H,2-14H2,1H3,(H,21,24)/b17-16-. The van der Waals surface area contributed by atoms with E-state index in [4.69, 9.17) is 5.11 Å². The van der Waals surface area contributed by atoms with E-state index in [0.29, 0.717) is 6.54 Å². The summed E-state index contributed by atoms with van der Waals surface area (Å²) in [6.07, 6.45) is 14.8. The lowest BCUT2D eigenvalue weighted by molar-refractivity contribution is -0.118. The van der Waals surface area contributed by atoms with E-state index in [9.17, 15) is 10.1 Å². The maximum atomic E-state index is 12.4. The summed E-state index contributed by atoms with van der Waals surface area (Å²) in [6, 6.07) is 2.14. The molecule has 0 spiro atoms. The molecule has 0 bridgehead atoms. The van der Waals surface area contributed by atoms with Crippen molar-refractivity contribution in [1.29, 1.82) is 5.26 Å². The van der Waals surface area contributed by atoms with Crippen LogP contribution < -0.4 is 5.32 Å². The van der Waals surface area contributed by atoms with Gasteiger partial charge in [-0.3, -0.25) is 4.79 Å². The third kappa shape index (κ3) is 8.93. The number of rotatable bonds is 5. The van der Waals surface area contributed by atoms with Crippen LogP contribution in [0.25, 0.3) is 0 Å². The average Bonchev–Trinajstić information content (AvgIpc) is 2.55. The largest absolute Gasteiger partial charge is 0.395 e.